The number of ether oxygens (including phenoxy) is 1. The predicted molar refractivity (Wildman–Crippen MR) is 96.1 cm³/mol. The lowest BCUT2D eigenvalue weighted by atomic mass is 10.1. The van der Waals surface area contributed by atoms with E-state index in [4.69, 9.17) is 9.15 Å². The van der Waals surface area contributed by atoms with Gasteiger partial charge in [0.1, 0.15) is 11.3 Å². The molecule has 1 unspecified atom stereocenters. The molecular formula is C19H22N2O5. The van der Waals surface area contributed by atoms with Gasteiger partial charge in [-0.25, -0.2) is 4.79 Å². The maximum Gasteiger partial charge on any atom is 0.336 e. The molecule has 138 valence electrons. The van der Waals surface area contributed by atoms with Gasteiger partial charge in [-0.3, -0.25) is 9.59 Å². The van der Waals surface area contributed by atoms with Crippen LogP contribution in [-0.4, -0.2) is 42.5 Å². The predicted octanol–water partition coefficient (Wildman–Crippen LogP) is 1.61. The lowest BCUT2D eigenvalue weighted by Gasteiger charge is -2.32. The van der Waals surface area contributed by atoms with E-state index in [-0.39, 0.29) is 24.5 Å². The molecule has 1 aliphatic rings. The maximum absolute atomic E-state index is 12.4. The van der Waals surface area contributed by atoms with E-state index in [0.717, 1.165) is 23.8 Å². The molecule has 1 N–H and O–H groups in total. The molecule has 1 fully saturated rings. The van der Waals surface area contributed by atoms with Gasteiger partial charge in [-0.1, -0.05) is 0 Å². The molecule has 0 spiro atoms. The number of nitrogens with one attached hydrogen (secondary N) is 1. The minimum Gasteiger partial charge on any atom is -0.484 e. The fourth-order valence-corrected chi connectivity index (χ4v) is 3.24. The van der Waals surface area contributed by atoms with Gasteiger partial charge in [0, 0.05) is 43.6 Å². The highest BCUT2D eigenvalue weighted by Crippen LogP contribution is 2.22. The van der Waals surface area contributed by atoms with Gasteiger partial charge in [0.25, 0.3) is 5.91 Å². The molecule has 1 saturated heterocycles. The topological polar surface area (TPSA) is 88.9 Å². The van der Waals surface area contributed by atoms with Crippen LogP contribution >= 0.6 is 0 Å². The highest BCUT2D eigenvalue weighted by atomic mass is 16.5. The van der Waals surface area contributed by atoms with Crippen LogP contribution in [0, 0.1) is 6.92 Å². The zero-order chi connectivity index (χ0) is 18.7. The van der Waals surface area contributed by atoms with E-state index in [0.29, 0.717) is 24.4 Å². The Bertz CT molecular complexity index is 889. The summed E-state index contributed by atoms with van der Waals surface area (Å²) in [5, 5.41) is 3.69. The van der Waals surface area contributed by atoms with Crippen LogP contribution < -0.4 is 15.7 Å². The molecule has 7 heteroatoms. The molecule has 0 aliphatic carbocycles. The Balaban J connectivity index is 1.63. The third kappa shape index (κ3) is 4.22. The molecule has 1 aromatic heterocycles. The Morgan fingerprint density at radius 3 is 2.92 bits per heavy atom. The van der Waals surface area contributed by atoms with Crippen LogP contribution in [-0.2, 0) is 9.59 Å². The quantitative estimate of drug-likeness (QED) is 0.839. The minimum absolute atomic E-state index is 0.0110. The first kappa shape index (κ1) is 18.0. The van der Waals surface area contributed by atoms with Crippen LogP contribution in [0.4, 0.5) is 0 Å². The molecule has 1 aromatic carbocycles. The summed E-state index contributed by atoms with van der Waals surface area (Å²) in [5.41, 5.74) is 0.848. The molecule has 2 aromatic rings. The zero-order valence-electron chi connectivity index (χ0n) is 14.9. The minimum atomic E-state index is -0.416. The first-order valence-electron chi connectivity index (χ1n) is 8.64. The number of carbonyl (C=O) groups is 2. The number of amides is 2. The molecule has 1 aliphatic heterocycles. The standard InChI is InChI=1S/C19H22N2O5/c1-12-8-19(24)26-17-9-15(5-6-16(12)17)25-11-18(23)21-7-3-4-14(10-21)20-13(2)22/h5-6,8-9,14H,3-4,7,10-11H2,1-2H3,(H,20,22). The van der Waals surface area contributed by atoms with Gasteiger partial charge in [0.2, 0.25) is 5.91 Å². The number of nitrogens with zero attached hydrogens (tertiary/aromatic N) is 1. The highest BCUT2D eigenvalue weighted by molar-refractivity contribution is 5.82. The first-order chi connectivity index (χ1) is 12.4. The van der Waals surface area contributed by atoms with Crippen molar-refractivity contribution in [3.05, 3.63) is 40.2 Å². The van der Waals surface area contributed by atoms with Gasteiger partial charge in [-0.15, -0.1) is 0 Å². The lowest BCUT2D eigenvalue weighted by Crippen LogP contribution is -2.50. The Morgan fingerprint density at radius 2 is 2.15 bits per heavy atom. The van der Waals surface area contributed by atoms with Crippen molar-refractivity contribution in [3.8, 4) is 5.75 Å². The Labute approximate surface area is 150 Å². The van der Waals surface area contributed by atoms with Gasteiger partial charge in [0.15, 0.2) is 6.61 Å². The van der Waals surface area contributed by atoms with Crippen LogP contribution in [0.3, 0.4) is 0 Å². The van der Waals surface area contributed by atoms with Crippen molar-refractivity contribution < 1.29 is 18.7 Å². The number of hydrogen-bond donors (Lipinski definition) is 1. The van der Waals surface area contributed by atoms with E-state index in [2.05, 4.69) is 5.32 Å². The van der Waals surface area contributed by atoms with E-state index >= 15 is 0 Å². The van der Waals surface area contributed by atoms with E-state index < -0.39 is 5.63 Å². The van der Waals surface area contributed by atoms with Crippen LogP contribution in [0.25, 0.3) is 11.0 Å². The lowest BCUT2D eigenvalue weighted by molar-refractivity contribution is -0.135. The molecule has 7 nitrogen and oxygen atoms in total. The number of aryl methyl sites for hydroxylation is 1. The van der Waals surface area contributed by atoms with E-state index in [1.54, 1.807) is 23.1 Å². The largest absolute Gasteiger partial charge is 0.484 e. The fraction of sp³-hybridized carbons (Fsp3) is 0.421. The number of carbonyl (C=O) groups excluding carboxylic acids is 2. The molecule has 2 heterocycles. The number of rotatable bonds is 4. The summed E-state index contributed by atoms with van der Waals surface area (Å²) in [4.78, 5) is 36.8. The molecule has 0 bridgehead atoms. The Kier molecular flexibility index (Phi) is 5.25. The summed E-state index contributed by atoms with van der Waals surface area (Å²) in [7, 11) is 0. The summed E-state index contributed by atoms with van der Waals surface area (Å²) < 4.78 is 10.8. The van der Waals surface area contributed by atoms with Gasteiger partial charge >= 0.3 is 5.63 Å². The third-order valence-electron chi connectivity index (χ3n) is 4.47. The van der Waals surface area contributed by atoms with Crippen molar-refractivity contribution in [1.82, 2.24) is 10.2 Å². The van der Waals surface area contributed by atoms with Gasteiger partial charge < -0.3 is 19.4 Å². The average Bonchev–Trinajstić information content (AvgIpc) is 2.58. The molecule has 3 rings (SSSR count). The summed E-state index contributed by atoms with van der Waals surface area (Å²) in [5.74, 6) is 0.245. The van der Waals surface area contributed by atoms with Crippen molar-refractivity contribution >= 4 is 22.8 Å². The highest BCUT2D eigenvalue weighted by Gasteiger charge is 2.24. The second kappa shape index (κ2) is 7.59. The van der Waals surface area contributed by atoms with E-state index in [9.17, 15) is 14.4 Å². The third-order valence-corrected chi connectivity index (χ3v) is 4.47. The Morgan fingerprint density at radius 1 is 1.35 bits per heavy atom. The number of piperidine rings is 1. The second-order valence-electron chi connectivity index (χ2n) is 6.57. The number of fused-ring (bicyclic) bond motifs is 1. The summed E-state index contributed by atoms with van der Waals surface area (Å²) >= 11 is 0. The van der Waals surface area contributed by atoms with Crippen LogP contribution in [0.1, 0.15) is 25.3 Å². The second-order valence-corrected chi connectivity index (χ2v) is 6.57. The SMILES string of the molecule is CC(=O)NC1CCCN(C(=O)COc2ccc3c(C)cc(=O)oc3c2)C1. The maximum atomic E-state index is 12.4. The van der Waals surface area contributed by atoms with E-state index in [1.165, 1.54) is 13.0 Å². The number of hydrogen-bond acceptors (Lipinski definition) is 5. The van der Waals surface area contributed by atoms with Gasteiger partial charge in [-0.05, 0) is 37.5 Å². The van der Waals surface area contributed by atoms with E-state index in [1.807, 2.05) is 6.92 Å². The van der Waals surface area contributed by atoms with Crippen LogP contribution in [0.5, 0.6) is 5.75 Å². The molecule has 2 amide bonds. The van der Waals surface area contributed by atoms with Gasteiger partial charge in [-0.2, -0.15) is 0 Å². The molecule has 0 radical (unpaired) electrons. The van der Waals surface area contributed by atoms with Crippen molar-refractivity contribution in [2.75, 3.05) is 19.7 Å². The summed E-state index contributed by atoms with van der Waals surface area (Å²) in [6, 6.07) is 6.60. The molecular weight excluding hydrogens is 336 g/mol. The van der Waals surface area contributed by atoms with Crippen LogP contribution in [0.15, 0.2) is 33.5 Å². The Hall–Kier alpha value is -2.83. The number of benzene rings is 1. The summed E-state index contributed by atoms with van der Waals surface area (Å²) in [6.07, 6.45) is 1.71. The first-order valence-corrected chi connectivity index (χ1v) is 8.64. The van der Waals surface area contributed by atoms with Crippen molar-refractivity contribution in [2.45, 2.75) is 32.7 Å². The summed E-state index contributed by atoms with van der Waals surface area (Å²) in [6.45, 7) is 4.36. The zero-order valence-corrected chi connectivity index (χ0v) is 14.9. The fourth-order valence-electron chi connectivity index (χ4n) is 3.24. The smallest absolute Gasteiger partial charge is 0.336 e. The molecule has 26 heavy (non-hydrogen) atoms. The van der Waals surface area contributed by atoms with Gasteiger partial charge in [0.05, 0.1) is 0 Å². The normalized spacial score (nSPS) is 17.2. The van der Waals surface area contributed by atoms with Crippen molar-refractivity contribution in [2.24, 2.45) is 0 Å². The van der Waals surface area contributed by atoms with Crippen molar-refractivity contribution in [1.29, 1.82) is 0 Å². The monoisotopic (exact) mass is 358 g/mol. The molecule has 1 atom stereocenters. The van der Waals surface area contributed by atoms with Crippen molar-refractivity contribution in [3.63, 3.8) is 0 Å². The molecule has 0 saturated carbocycles. The number of likely N-dealkylation sites (tertiary alicyclic amines) is 1. The van der Waals surface area contributed by atoms with Crippen LogP contribution in [0.2, 0.25) is 0 Å². The average molecular weight is 358 g/mol.